The summed E-state index contributed by atoms with van der Waals surface area (Å²) in [6.07, 6.45) is 3.67. The Morgan fingerprint density at radius 3 is 2.29 bits per heavy atom. The molecule has 3 amide bonds. The fourth-order valence-electron chi connectivity index (χ4n) is 6.33. The zero-order chi connectivity index (χ0) is 29.3. The van der Waals surface area contributed by atoms with Gasteiger partial charge in [0.2, 0.25) is 5.91 Å². The number of rotatable bonds is 9. The van der Waals surface area contributed by atoms with Gasteiger partial charge in [-0.15, -0.1) is 0 Å². The quantitative estimate of drug-likeness (QED) is 0.332. The average Bonchev–Trinajstić information content (AvgIpc) is 3.46. The molecular formula is C29H42N8O4. The van der Waals surface area contributed by atoms with E-state index in [0.29, 0.717) is 37.9 Å². The minimum Gasteiger partial charge on any atom is -0.394 e. The molecule has 3 heterocycles. The molecule has 1 aromatic carbocycles. The van der Waals surface area contributed by atoms with Crippen LogP contribution in [0.3, 0.4) is 0 Å². The van der Waals surface area contributed by atoms with Gasteiger partial charge in [-0.05, 0) is 67.8 Å². The van der Waals surface area contributed by atoms with Gasteiger partial charge in [0.05, 0.1) is 12.3 Å². The Morgan fingerprint density at radius 2 is 1.73 bits per heavy atom. The van der Waals surface area contributed by atoms with Crippen molar-refractivity contribution >= 4 is 17.8 Å². The molecule has 3 fully saturated rings. The minimum absolute atomic E-state index is 0.160. The Kier molecular flexibility index (Phi) is 8.46. The summed E-state index contributed by atoms with van der Waals surface area (Å²) in [5.41, 5.74) is 11.8. The maximum Gasteiger partial charge on any atom is 0.354 e. The van der Waals surface area contributed by atoms with Crippen LogP contribution < -0.4 is 22.5 Å². The van der Waals surface area contributed by atoms with Crippen LogP contribution in [-0.4, -0.2) is 105 Å². The zero-order valence-electron chi connectivity index (χ0n) is 23.9. The Hall–Kier alpha value is -3.32. The lowest BCUT2D eigenvalue weighted by Crippen LogP contribution is -2.60. The lowest BCUT2D eigenvalue weighted by Gasteiger charge is -2.37. The van der Waals surface area contributed by atoms with Gasteiger partial charge in [-0.1, -0.05) is 19.1 Å². The Balaban J connectivity index is 1.14. The Labute approximate surface area is 240 Å². The molecule has 0 spiro atoms. The van der Waals surface area contributed by atoms with Gasteiger partial charge in [0.15, 0.2) is 0 Å². The number of piperazine rings is 1. The fourth-order valence-corrected chi connectivity index (χ4v) is 6.33. The third-order valence-electron chi connectivity index (χ3n) is 9.06. The molecular weight excluding hydrogens is 524 g/mol. The predicted molar refractivity (Wildman–Crippen MR) is 156 cm³/mol. The van der Waals surface area contributed by atoms with Crippen molar-refractivity contribution in [2.75, 3.05) is 57.7 Å². The minimum atomic E-state index is -1.35. The molecule has 2 aromatic rings. The molecule has 6 N–H and O–H groups in total. The Bertz CT molecular complexity index is 1290. The number of nitrogens with one attached hydrogen (secondary N) is 1. The normalized spacial score (nSPS) is 24.5. The van der Waals surface area contributed by atoms with Crippen molar-refractivity contribution in [3.05, 3.63) is 52.6 Å². The number of likely N-dealkylation sites (tertiary alicyclic amines) is 1. The van der Waals surface area contributed by atoms with Crippen molar-refractivity contribution in [1.82, 2.24) is 24.3 Å². The molecule has 0 bridgehead atoms. The first kappa shape index (κ1) is 29.2. The van der Waals surface area contributed by atoms with Crippen molar-refractivity contribution in [3.63, 3.8) is 0 Å². The number of hydrogen-bond acceptors (Lipinski definition) is 8. The number of urea groups is 1. The van der Waals surface area contributed by atoms with E-state index in [1.165, 1.54) is 17.1 Å². The van der Waals surface area contributed by atoms with Crippen LogP contribution in [0.2, 0.25) is 0 Å². The highest BCUT2D eigenvalue weighted by Crippen LogP contribution is 2.51. The number of anilines is 1. The molecule has 12 heteroatoms. The highest BCUT2D eigenvalue weighted by Gasteiger charge is 2.55. The van der Waals surface area contributed by atoms with E-state index in [1.807, 2.05) is 12.1 Å². The number of aliphatic hydroxyl groups excluding tert-OH is 1. The summed E-state index contributed by atoms with van der Waals surface area (Å²) in [5, 5.41) is 12.0. The van der Waals surface area contributed by atoms with E-state index in [9.17, 15) is 19.5 Å². The van der Waals surface area contributed by atoms with Gasteiger partial charge in [0.25, 0.3) is 0 Å². The van der Waals surface area contributed by atoms with E-state index < -0.39 is 23.9 Å². The second-order valence-corrected chi connectivity index (χ2v) is 11.9. The number of carbonyl (C=O) groups excluding carboxylic acids is 2. The standard InChI is InChI=1S/C29H42N8O4/c1-3-20(36-16-23-22(15-30)24(23)17-36)14-19-4-6-21(7-5-19)37-9-8-25(33-28(37)41)32-27(40)35-12-10-34(11-13-35)26(39)29(2,31)18-38/h4-9,20,22-24,38H,3,10-18,30-31H2,1-2H3,(H,32,33,40,41)/t20?,22?,23-,24+,29-/m0/s1. The van der Waals surface area contributed by atoms with E-state index in [4.69, 9.17) is 11.5 Å². The van der Waals surface area contributed by atoms with Gasteiger partial charge in [-0.3, -0.25) is 19.6 Å². The monoisotopic (exact) mass is 566 g/mol. The third-order valence-corrected chi connectivity index (χ3v) is 9.06. The largest absolute Gasteiger partial charge is 0.394 e. The van der Waals surface area contributed by atoms with E-state index in [2.05, 4.69) is 34.3 Å². The maximum atomic E-state index is 12.8. The van der Waals surface area contributed by atoms with Crippen LogP contribution in [0, 0.1) is 17.8 Å². The number of aliphatic hydroxyl groups is 1. The number of amides is 3. The molecule has 2 saturated heterocycles. The lowest BCUT2D eigenvalue weighted by molar-refractivity contribution is -0.139. The molecule has 0 radical (unpaired) electrons. The molecule has 5 atom stereocenters. The number of nitrogens with two attached hydrogens (primary N) is 2. The zero-order valence-corrected chi connectivity index (χ0v) is 23.9. The highest BCUT2D eigenvalue weighted by molar-refractivity contribution is 5.89. The summed E-state index contributed by atoms with van der Waals surface area (Å²) < 4.78 is 1.45. The second-order valence-electron chi connectivity index (χ2n) is 11.9. The summed E-state index contributed by atoms with van der Waals surface area (Å²) in [5.74, 6) is 2.10. The predicted octanol–water partition coefficient (Wildman–Crippen LogP) is 0.0759. The molecule has 1 aliphatic carbocycles. The molecule has 2 unspecified atom stereocenters. The SMILES string of the molecule is CCC(Cc1ccc(-n2ccc(NC(=O)N3CCN(C(=O)[C@@](C)(N)CO)CC3)nc2=O)cc1)N1C[C@@H]2C(CN)[C@@H]2C1. The van der Waals surface area contributed by atoms with E-state index in [1.54, 1.807) is 22.1 Å². The molecule has 2 aliphatic heterocycles. The maximum absolute atomic E-state index is 12.8. The topological polar surface area (TPSA) is 163 Å². The number of hydrogen-bond donors (Lipinski definition) is 4. The van der Waals surface area contributed by atoms with Crippen LogP contribution in [0.5, 0.6) is 0 Å². The number of nitrogens with zero attached hydrogens (tertiary/aromatic N) is 5. The van der Waals surface area contributed by atoms with Crippen LogP contribution in [0.15, 0.2) is 41.3 Å². The van der Waals surface area contributed by atoms with Gasteiger partial charge in [0, 0.05) is 51.5 Å². The smallest absolute Gasteiger partial charge is 0.354 e. The van der Waals surface area contributed by atoms with Crippen LogP contribution in [0.25, 0.3) is 5.69 Å². The third kappa shape index (κ3) is 6.15. The van der Waals surface area contributed by atoms with Gasteiger partial charge in [-0.2, -0.15) is 4.98 Å². The summed E-state index contributed by atoms with van der Waals surface area (Å²) in [4.78, 5) is 47.8. The summed E-state index contributed by atoms with van der Waals surface area (Å²) in [6, 6.07) is 9.69. The van der Waals surface area contributed by atoms with Gasteiger partial charge >= 0.3 is 11.7 Å². The summed E-state index contributed by atoms with van der Waals surface area (Å²) in [7, 11) is 0. The van der Waals surface area contributed by atoms with E-state index in [-0.39, 0.29) is 11.7 Å². The molecule has 1 saturated carbocycles. The van der Waals surface area contributed by atoms with Crippen LogP contribution >= 0.6 is 0 Å². The van der Waals surface area contributed by atoms with E-state index >= 15 is 0 Å². The molecule has 5 rings (SSSR count). The van der Waals surface area contributed by atoms with Crippen LogP contribution in [0.1, 0.15) is 25.8 Å². The van der Waals surface area contributed by atoms with Crippen molar-refractivity contribution in [3.8, 4) is 5.69 Å². The molecule has 12 nitrogen and oxygen atoms in total. The van der Waals surface area contributed by atoms with Gasteiger partial charge in [-0.25, -0.2) is 9.59 Å². The second kappa shape index (κ2) is 11.9. The number of carbonyl (C=O) groups is 2. The number of piperidine rings is 1. The molecule has 1 aromatic heterocycles. The van der Waals surface area contributed by atoms with Crippen molar-refractivity contribution in [2.45, 2.75) is 38.3 Å². The average molecular weight is 567 g/mol. The fraction of sp³-hybridized carbons (Fsp3) is 0.586. The summed E-state index contributed by atoms with van der Waals surface area (Å²) >= 11 is 0. The molecule has 3 aliphatic rings. The molecule has 222 valence electrons. The highest BCUT2D eigenvalue weighted by atomic mass is 16.3. The van der Waals surface area contributed by atoms with Crippen molar-refractivity contribution < 1.29 is 14.7 Å². The number of benzene rings is 1. The summed E-state index contributed by atoms with van der Waals surface area (Å²) in [6.45, 7) is 7.59. The van der Waals surface area contributed by atoms with Gasteiger partial charge < -0.3 is 26.4 Å². The van der Waals surface area contributed by atoms with Crippen LogP contribution in [0.4, 0.5) is 10.6 Å². The first-order valence-electron chi connectivity index (χ1n) is 14.5. The first-order valence-corrected chi connectivity index (χ1v) is 14.5. The Morgan fingerprint density at radius 1 is 1.10 bits per heavy atom. The van der Waals surface area contributed by atoms with Gasteiger partial charge in [0.1, 0.15) is 11.4 Å². The van der Waals surface area contributed by atoms with Crippen LogP contribution in [-0.2, 0) is 11.2 Å². The number of aromatic nitrogens is 2. The first-order chi connectivity index (χ1) is 19.6. The van der Waals surface area contributed by atoms with Crippen molar-refractivity contribution in [2.24, 2.45) is 29.2 Å². The lowest BCUT2D eigenvalue weighted by atomic mass is 10.0. The van der Waals surface area contributed by atoms with E-state index in [0.717, 1.165) is 50.2 Å². The van der Waals surface area contributed by atoms with Crippen molar-refractivity contribution in [1.29, 1.82) is 0 Å². The number of fused-ring (bicyclic) bond motifs is 1. The molecule has 41 heavy (non-hydrogen) atoms.